The Labute approximate surface area is 139 Å². The molecule has 2 heterocycles. The Bertz CT molecular complexity index is 1030. The molecule has 1 atom stereocenters. The lowest BCUT2D eigenvalue weighted by Gasteiger charge is -2.14. The van der Waals surface area contributed by atoms with Gasteiger partial charge in [-0.2, -0.15) is 0 Å². The quantitative estimate of drug-likeness (QED) is 0.763. The Kier molecular flexibility index (Phi) is 4.06. The van der Waals surface area contributed by atoms with Crippen LogP contribution >= 0.6 is 11.3 Å². The second-order valence-electron chi connectivity index (χ2n) is 5.38. The molecule has 1 unspecified atom stereocenters. The lowest BCUT2D eigenvalue weighted by Crippen LogP contribution is -2.41. The molecule has 0 spiro atoms. The first kappa shape index (κ1) is 16.1. The number of anilines is 1. The smallest absolute Gasteiger partial charge is 0.324 e. The van der Waals surface area contributed by atoms with Gasteiger partial charge in [0.25, 0.3) is 5.56 Å². The summed E-state index contributed by atoms with van der Waals surface area (Å²) in [7, 11) is 0. The van der Waals surface area contributed by atoms with E-state index < -0.39 is 29.0 Å². The molecule has 0 saturated heterocycles. The fourth-order valence-corrected chi connectivity index (χ4v) is 3.29. The van der Waals surface area contributed by atoms with Gasteiger partial charge in [0.1, 0.15) is 16.7 Å². The van der Waals surface area contributed by atoms with E-state index in [0.29, 0.717) is 15.9 Å². The van der Waals surface area contributed by atoms with Crippen molar-refractivity contribution in [2.45, 2.75) is 19.9 Å². The van der Waals surface area contributed by atoms with E-state index in [2.05, 4.69) is 10.3 Å². The molecule has 24 heavy (non-hydrogen) atoms. The van der Waals surface area contributed by atoms with Crippen molar-refractivity contribution in [2.24, 2.45) is 0 Å². The summed E-state index contributed by atoms with van der Waals surface area (Å²) in [5.41, 5.74) is -0.777. The molecule has 2 aromatic heterocycles. The standard InChI is InChI=1S/C16H14FN3O3S/c1-8-7-12-14(24-8)19-16(23)20(15(12)22)9(2)13(21)18-11-5-3-10(17)4-6-11/h3-7,9H,1-2H3,(H,18,21)(H,19,23). The van der Waals surface area contributed by atoms with Crippen LogP contribution in [-0.4, -0.2) is 15.5 Å². The molecule has 6 nitrogen and oxygen atoms in total. The molecule has 0 aliphatic heterocycles. The summed E-state index contributed by atoms with van der Waals surface area (Å²) in [6.07, 6.45) is 0. The van der Waals surface area contributed by atoms with Crippen LogP contribution in [0.4, 0.5) is 10.1 Å². The highest BCUT2D eigenvalue weighted by Gasteiger charge is 2.21. The minimum atomic E-state index is -1.02. The zero-order valence-corrected chi connectivity index (χ0v) is 13.7. The van der Waals surface area contributed by atoms with Gasteiger partial charge in [-0.25, -0.2) is 13.8 Å². The third-order valence-corrected chi connectivity index (χ3v) is 4.59. The van der Waals surface area contributed by atoms with Crippen molar-refractivity contribution in [1.29, 1.82) is 0 Å². The number of aryl methyl sites for hydroxylation is 1. The number of nitrogens with one attached hydrogen (secondary N) is 2. The third kappa shape index (κ3) is 2.88. The van der Waals surface area contributed by atoms with E-state index in [1.165, 1.54) is 42.5 Å². The number of amides is 1. The van der Waals surface area contributed by atoms with Crippen molar-refractivity contribution < 1.29 is 9.18 Å². The van der Waals surface area contributed by atoms with E-state index in [4.69, 9.17) is 0 Å². The van der Waals surface area contributed by atoms with Gasteiger partial charge in [0.2, 0.25) is 5.91 Å². The number of hydrogen-bond acceptors (Lipinski definition) is 4. The second-order valence-corrected chi connectivity index (χ2v) is 6.63. The van der Waals surface area contributed by atoms with E-state index in [0.717, 1.165) is 9.44 Å². The van der Waals surface area contributed by atoms with Crippen LogP contribution in [0.25, 0.3) is 10.2 Å². The number of carbonyl (C=O) groups excluding carboxylic acids is 1. The highest BCUT2D eigenvalue weighted by Crippen LogP contribution is 2.19. The molecule has 1 aromatic carbocycles. The predicted molar refractivity (Wildman–Crippen MR) is 91.2 cm³/mol. The number of halogens is 1. The summed E-state index contributed by atoms with van der Waals surface area (Å²) in [4.78, 5) is 41.0. The van der Waals surface area contributed by atoms with Crippen molar-refractivity contribution in [2.75, 3.05) is 5.32 Å². The number of carbonyl (C=O) groups is 1. The monoisotopic (exact) mass is 347 g/mol. The molecule has 2 N–H and O–H groups in total. The van der Waals surface area contributed by atoms with Crippen LogP contribution < -0.4 is 16.6 Å². The molecule has 0 aliphatic carbocycles. The zero-order chi connectivity index (χ0) is 17.4. The minimum absolute atomic E-state index is 0.374. The Balaban J connectivity index is 1.97. The second kappa shape index (κ2) is 6.04. The van der Waals surface area contributed by atoms with Crippen LogP contribution in [0, 0.1) is 12.7 Å². The van der Waals surface area contributed by atoms with E-state index in [1.54, 1.807) is 6.07 Å². The van der Waals surface area contributed by atoms with Crippen molar-refractivity contribution in [3.8, 4) is 0 Å². The molecule has 3 rings (SSSR count). The van der Waals surface area contributed by atoms with Gasteiger partial charge in [0.15, 0.2) is 0 Å². The average molecular weight is 347 g/mol. The molecule has 0 aliphatic rings. The Morgan fingerprint density at radius 2 is 1.96 bits per heavy atom. The highest BCUT2D eigenvalue weighted by atomic mass is 32.1. The fourth-order valence-electron chi connectivity index (χ4n) is 2.39. The molecule has 1 amide bonds. The summed E-state index contributed by atoms with van der Waals surface area (Å²) in [6, 6.07) is 5.88. The number of benzene rings is 1. The summed E-state index contributed by atoms with van der Waals surface area (Å²) in [6.45, 7) is 3.29. The fraction of sp³-hybridized carbons (Fsp3) is 0.188. The van der Waals surface area contributed by atoms with E-state index >= 15 is 0 Å². The van der Waals surface area contributed by atoms with Gasteiger partial charge < -0.3 is 5.32 Å². The normalized spacial score (nSPS) is 12.3. The van der Waals surface area contributed by atoms with Crippen LogP contribution in [0.2, 0.25) is 0 Å². The number of aromatic nitrogens is 2. The van der Waals surface area contributed by atoms with Gasteiger partial charge in [-0.15, -0.1) is 11.3 Å². The van der Waals surface area contributed by atoms with Crippen molar-refractivity contribution in [3.63, 3.8) is 0 Å². The number of rotatable bonds is 3. The van der Waals surface area contributed by atoms with Crippen molar-refractivity contribution in [1.82, 2.24) is 9.55 Å². The topological polar surface area (TPSA) is 84.0 Å². The molecule has 124 valence electrons. The maximum Gasteiger partial charge on any atom is 0.330 e. The molecule has 0 fully saturated rings. The summed E-state index contributed by atoms with van der Waals surface area (Å²) < 4.78 is 13.8. The van der Waals surface area contributed by atoms with Gasteiger partial charge in [-0.1, -0.05) is 0 Å². The number of nitrogens with zero attached hydrogens (tertiary/aromatic N) is 1. The van der Waals surface area contributed by atoms with E-state index in [9.17, 15) is 18.8 Å². The zero-order valence-electron chi connectivity index (χ0n) is 12.9. The minimum Gasteiger partial charge on any atom is -0.324 e. The maximum absolute atomic E-state index is 12.9. The van der Waals surface area contributed by atoms with E-state index in [-0.39, 0.29) is 0 Å². The largest absolute Gasteiger partial charge is 0.330 e. The van der Waals surface area contributed by atoms with Gasteiger partial charge in [-0.3, -0.25) is 14.6 Å². The lowest BCUT2D eigenvalue weighted by molar-refractivity contribution is -0.119. The summed E-state index contributed by atoms with van der Waals surface area (Å²) in [5.74, 6) is -0.965. The Morgan fingerprint density at radius 3 is 2.62 bits per heavy atom. The molecule has 0 bridgehead atoms. The first-order valence-corrected chi connectivity index (χ1v) is 8.00. The highest BCUT2D eigenvalue weighted by molar-refractivity contribution is 7.18. The van der Waals surface area contributed by atoms with Crippen LogP contribution in [0.15, 0.2) is 39.9 Å². The predicted octanol–water partition coefficient (Wildman–Crippen LogP) is 2.40. The third-order valence-electron chi connectivity index (χ3n) is 3.62. The van der Waals surface area contributed by atoms with E-state index in [1.807, 2.05) is 6.92 Å². The number of fused-ring (bicyclic) bond motifs is 1. The molecule has 3 aromatic rings. The van der Waals surface area contributed by atoms with Crippen LogP contribution in [-0.2, 0) is 4.79 Å². The SMILES string of the molecule is Cc1cc2c(=O)n(C(C)C(=O)Nc3ccc(F)cc3)c(=O)[nH]c2s1. The maximum atomic E-state index is 12.9. The van der Waals surface area contributed by atoms with Gasteiger partial charge >= 0.3 is 5.69 Å². The van der Waals surface area contributed by atoms with Crippen LogP contribution in [0.5, 0.6) is 0 Å². The molecule has 0 saturated carbocycles. The van der Waals surface area contributed by atoms with Crippen LogP contribution in [0.1, 0.15) is 17.8 Å². The summed E-state index contributed by atoms with van der Waals surface area (Å²) >= 11 is 1.31. The molecule has 0 radical (unpaired) electrons. The first-order valence-electron chi connectivity index (χ1n) is 7.18. The van der Waals surface area contributed by atoms with Crippen molar-refractivity contribution >= 4 is 33.1 Å². The van der Waals surface area contributed by atoms with Gasteiger partial charge in [0, 0.05) is 10.6 Å². The number of H-pyrrole nitrogens is 1. The molecule has 8 heteroatoms. The average Bonchev–Trinajstić information content (AvgIpc) is 2.90. The number of aromatic amines is 1. The van der Waals surface area contributed by atoms with Gasteiger partial charge in [-0.05, 0) is 44.2 Å². The summed E-state index contributed by atoms with van der Waals surface area (Å²) in [5, 5.41) is 2.93. The lowest BCUT2D eigenvalue weighted by atomic mass is 10.2. The Morgan fingerprint density at radius 1 is 1.29 bits per heavy atom. The number of thiophene rings is 1. The number of hydrogen-bond donors (Lipinski definition) is 2. The Hall–Kier alpha value is -2.74. The molecular weight excluding hydrogens is 333 g/mol. The molecular formula is C16H14FN3O3S. The first-order chi connectivity index (χ1) is 11.4. The van der Waals surface area contributed by atoms with Gasteiger partial charge in [0.05, 0.1) is 5.39 Å². The van der Waals surface area contributed by atoms with Crippen LogP contribution in [0.3, 0.4) is 0 Å². The van der Waals surface area contributed by atoms with Crippen molar-refractivity contribution in [3.05, 3.63) is 61.9 Å².